The standard InChI is InChI=1S/C12H19ClN4/c1-9(2)10-11(13)14-8-15-12(10)17-6-4-16(3)5-7-17/h8-9H,4-7H2,1-3H3. The first-order chi connectivity index (χ1) is 8.09. The molecule has 1 aromatic heterocycles. The fourth-order valence-corrected chi connectivity index (χ4v) is 2.48. The molecule has 1 aliphatic rings. The van der Waals surface area contributed by atoms with Gasteiger partial charge in [-0.05, 0) is 13.0 Å². The van der Waals surface area contributed by atoms with Crippen molar-refractivity contribution in [1.82, 2.24) is 14.9 Å². The fourth-order valence-electron chi connectivity index (χ4n) is 2.13. The largest absolute Gasteiger partial charge is 0.354 e. The summed E-state index contributed by atoms with van der Waals surface area (Å²) in [5.41, 5.74) is 1.07. The van der Waals surface area contributed by atoms with Crippen LogP contribution in [0.4, 0.5) is 5.82 Å². The molecule has 94 valence electrons. The summed E-state index contributed by atoms with van der Waals surface area (Å²) in [7, 11) is 2.15. The van der Waals surface area contributed by atoms with Crippen LogP contribution in [0.5, 0.6) is 0 Å². The minimum atomic E-state index is 0.346. The van der Waals surface area contributed by atoms with Gasteiger partial charge in [-0.15, -0.1) is 0 Å². The highest BCUT2D eigenvalue weighted by atomic mass is 35.5. The molecule has 0 radical (unpaired) electrons. The Bertz CT molecular complexity index is 386. The van der Waals surface area contributed by atoms with Crippen LogP contribution in [-0.4, -0.2) is 48.1 Å². The van der Waals surface area contributed by atoms with E-state index < -0.39 is 0 Å². The summed E-state index contributed by atoms with van der Waals surface area (Å²) in [4.78, 5) is 13.1. The summed E-state index contributed by atoms with van der Waals surface area (Å²) >= 11 is 6.18. The zero-order valence-corrected chi connectivity index (χ0v) is 11.4. The number of hydrogen-bond donors (Lipinski definition) is 0. The Labute approximate surface area is 108 Å². The lowest BCUT2D eigenvalue weighted by Crippen LogP contribution is -2.45. The van der Waals surface area contributed by atoms with E-state index in [4.69, 9.17) is 11.6 Å². The molecule has 2 heterocycles. The molecular weight excluding hydrogens is 236 g/mol. The Balaban J connectivity index is 2.28. The summed E-state index contributed by atoms with van der Waals surface area (Å²) in [6.45, 7) is 8.40. The molecule has 0 aliphatic carbocycles. The van der Waals surface area contributed by atoms with Crippen molar-refractivity contribution < 1.29 is 0 Å². The smallest absolute Gasteiger partial charge is 0.138 e. The Morgan fingerprint density at radius 3 is 2.41 bits per heavy atom. The Hall–Kier alpha value is -0.870. The normalized spacial score (nSPS) is 17.8. The minimum Gasteiger partial charge on any atom is -0.354 e. The quantitative estimate of drug-likeness (QED) is 0.756. The van der Waals surface area contributed by atoms with E-state index >= 15 is 0 Å². The molecule has 1 fully saturated rings. The Morgan fingerprint density at radius 1 is 1.18 bits per heavy atom. The summed E-state index contributed by atoms with van der Waals surface area (Å²) in [6.07, 6.45) is 1.56. The third kappa shape index (κ3) is 2.69. The van der Waals surface area contributed by atoms with E-state index in [1.807, 2.05) is 0 Å². The predicted octanol–water partition coefficient (Wildman–Crippen LogP) is 2.01. The second kappa shape index (κ2) is 5.19. The van der Waals surface area contributed by atoms with Crippen molar-refractivity contribution >= 4 is 17.4 Å². The molecule has 5 heteroatoms. The topological polar surface area (TPSA) is 32.3 Å². The third-order valence-corrected chi connectivity index (χ3v) is 3.50. The van der Waals surface area contributed by atoms with Crippen LogP contribution in [0.2, 0.25) is 5.15 Å². The van der Waals surface area contributed by atoms with Crippen LogP contribution in [-0.2, 0) is 0 Å². The van der Waals surface area contributed by atoms with Gasteiger partial charge >= 0.3 is 0 Å². The average Bonchev–Trinajstić information content (AvgIpc) is 2.29. The molecular formula is C12H19ClN4. The zero-order valence-electron chi connectivity index (χ0n) is 10.6. The summed E-state index contributed by atoms with van der Waals surface area (Å²) in [5.74, 6) is 1.35. The molecule has 0 unspecified atom stereocenters. The van der Waals surface area contributed by atoms with Gasteiger partial charge in [0.25, 0.3) is 0 Å². The SMILES string of the molecule is CC(C)c1c(Cl)ncnc1N1CCN(C)CC1. The van der Waals surface area contributed by atoms with Crippen molar-refractivity contribution in [2.45, 2.75) is 19.8 Å². The molecule has 1 saturated heterocycles. The molecule has 17 heavy (non-hydrogen) atoms. The molecule has 4 nitrogen and oxygen atoms in total. The van der Waals surface area contributed by atoms with Crippen molar-refractivity contribution in [2.24, 2.45) is 0 Å². The highest BCUT2D eigenvalue weighted by Gasteiger charge is 2.21. The van der Waals surface area contributed by atoms with Gasteiger partial charge in [0.1, 0.15) is 17.3 Å². The van der Waals surface area contributed by atoms with E-state index in [0.717, 1.165) is 37.6 Å². The van der Waals surface area contributed by atoms with E-state index in [-0.39, 0.29) is 0 Å². The number of hydrogen-bond acceptors (Lipinski definition) is 4. The lowest BCUT2D eigenvalue weighted by atomic mass is 10.1. The molecule has 0 aromatic carbocycles. The molecule has 0 bridgehead atoms. The maximum atomic E-state index is 6.18. The van der Waals surface area contributed by atoms with Gasteiger partial charge in [0.2, 0.25) is 0 Å². The average molecular weight is 255 g/mol. The predicted molar refractivity (Wildman–Crippen MR) is 70.8 cm³/mol. The number of likely N-dealkylation sites (N-methyl/N-ethyl adjacent to an activating group) is 1. The van der Waals surface area contributed by atoms with Crippen LogP contribution in [0.15, 0.2) is 6.33 Å². The van der Waals surface area contributed by atoms with E-state index in [1.54, 1.807) is 6.33 Å². The van der Waals surface area contributed by atoms with Crippen molar-refractivity contribution in [3.05, 3.63) is 17.0 Å². The van der Waals surface area contributed by atoms with Crippen LogP contribution in [0.3, 0.4) is 0 Å². The number of rotatable bonds is 2. The van der Waals surface area contributed by atoms with Gasteiger partial charge in [-0.3, -0.25) is 0 Å². The lowest BCUT2D eigenvalue weighted by molar-refractivity contribution is 0.311. The van der Waals surface area contributed by atoms with Gasteiger partial charge in [0.05, 0.1) is 0 Å². The molecule has 1 aliphatic heterocycles. The highest BCUT2D eigenvalue weighted by Crippen LogP contribution is 2.30. The second-order valence-corrected chi connectivity index (χ2v) is 5.20. The fraction of sp³-hybridized carbons (Fsp3) is 0.667. The molecule has 0 N–H and O–H groups in total. The first kappa shape index (κ1) is 12.6. The maximum Gasteiger partial charge on any atom is 0.138 e. The molecule has 0 atom stereocenters. The highest BCUT2D eigenvalue weighted by molar-refractivity contribution is 6.30. The summed E-state index contributed by atoms with van der Waals surface area (Å²) in [5, 5.41) is 0.587. The number of nitrogens with zero attached hydrogens (tertiary/aromatic N) is 4. The van der Waals surface area contributed by atoms with Crippen molar-refractivity contribution in [2.75, 3.05) is 38.1 Å². The number of anilines is 1. The first-order valence-corrected chi connectivity index (χ1v) is 6.41. The third-order valence-electron chi connectivity index (χ3n) is 3.19. The van der Waals surface area contributed by atoms with E-state index in [0.29, 0.717) is 11.1 Å². The van der Waals surface area contributed by atoms with E-state index in [1.165, 1.54) is 0 Å². The molecule has 0 amide bonds. The zero-order chi connectivity index (χ0) is 12.4. The van der Waals surface area contributed by atoms with Crippen molar-refractivity contribution in [3.63, 3.8) is 0 Å². The second-order valence-electron chi connectivity index (χ2n) is 4.85. The van der Waals surface area contributed by atoms with E-state index in [9.17, 15) is 0 Å². The van der Waals surface area contributed by atoms with Crippen molar-refractivity contribution in [1.29, 1.82) is 0 Å². The lowest BCUT2D eigenvalue weighted by Gasteiger charge is -2.34. The number of halogens is 1. The maximum absolute atomic E-state index is 6.18. The Kier molecular flexibility index (Phi) is 3.84. The van der Waals surface area contributed by atoms with Gasteiger partial charge in [0.15, 0.2) is 0 Å². The van der Waals surface area contributed by atoms with Gasteiger partial charge in [-0.1, -0.05) is 25.4 Å². The number of aromatic nitrogens is 2. The summed E-state index contributed by atoms with van der Waals surface area (Å²) < 4.78 is 0. The van der Waals surface area contributed by atoms with Gasteiger partial charge in [-0.25, -0.2) is 9.97 Å². The molecule has 0 spiro atoms. The van der Waals surface area contributed by atoms with Crippen LogP contribution >= 0.6 is 11.6 Å². The van der Waals surface area contributed by atoms with Crippen LogP contribution < -0.4 is 4.90 Å². The van der Waals surface area contributed by atoms with Gasteiger partial charge in [0, 0.05) is 31.7 Å². The summed E-state index contributed by atoms with van der Waals surface area (Å²) in [6, 6.07) is 0. The van der Waals surface area contributed by atoms with Crippen LogP contribution in [0, 0.1) is 0 Å². The van der Waals surface area contributed by atoms with E-state index in [2.05, 4.69) is 40.7 Å². The van der Waals surface area contributed by atoms with Gasteiger partial charge < -0.3 is 9.80 Å². The minimum absolute atomic E-state index is 0.346. The van der Waals surface area contributed by atoms with Crippen molar-refractivity contribution in [3.8, 4) is 0 Å². The molecule has 1 aromatic rings. The first-order valence-electron chi connectivity index (χ1n) is 6.03. The van der Waals surface area contributed by atoms with Crippen LogP contribution in [0.1, 0.15) is 25.3 Å². The Morgan fingerprint density at radius 2 is 1.82 bits per heavy atom. The van der Waals surface area contributed by atoms with Crippen LogP contribution in [0.25, 0.3) is 0 Å². The molecule has 0 saturated carbocycles. The monoisotopic (exact) mass is 254 g/mol. The number of piperazine rings is 1. The molecule has 2 rings (SSSR count). The van der Waals surface area contributed by atoms with Gasteiger partial charge in [-0.2, -0.15) is 0 Å².